The molecule has 1 aliphatic heterocycles. The smallest absolute Gasteiger partial charge is 0.270 e. The molecule has 2 heterocycles. The van der Waals surface area contributed by atoms with Gasteiger partial charge in [0.1, 0.15) is 5.57 Å². The van der Waals surface area contributed by atoms with Crippen molar-refractivity contribution in [2.24, 2.45) is 0 Å². The summed E-state index contributed by atoms with van der Waals surface area (Å²) < 4.78 is 4.95. The van der Waals surface area contributed by atoms with E-state index in [0.29, 0.717) is 11.3 Å². The Labute approximate surface area is 132 Å². The number of anilines is 1. The number of nitrogens with one attached hydrogen (secondary N) is 1. The number of aryl methyl sites for hydroxylation is 1. The van der Waals surface area contributed by atoms with Gasteiger partial charge in [-0.25, -0.2) is 0 Å². The Bertz CT molecular complexity index is 793. The molecular formula is C16H12N2O3S. The van der Waals surface area contributed by atoms with Gasteiger partial charge >= 0.3 is 0 Å². The van der Waals surface area contributed by atoms with E-state index in [9.17, 15) is 9.59 Å². The second-order valence-electron chi connectivity index (χ2n) is 4.85. The average Bonchev–Trinajstić information content (AvgIpc) is 2.96. The highest BCUT2D eigenvalue weighted by atomic mass is 32.1. The molecule has 1 aromatic carbocycles. The Morgan fingerprint density at radius 1 is 1.27 bits per heavy atom. The second kappa shape index (κ2) is 5.57. The fourth-order valence-electron chi connectivity index (χ4n) is 2.18. The van der Waals surface area contributed by atoms with Gasteiger partial charge in [-0.1, -0.05) is 12.1 Å². The molecule has 6 heteroatoms. The van der Waals surface area contributed by atoms with Gasteiger partial charge in [-0.15, -0.1) is 0 Å². The van der Waals surface area contributed by atoms with Gasteiger partial charge < -0.3 is 4.42 Å². The standard InChI is InChI=1S/C16H12N2O3S/c1-10-3-2-4-12(7-10)18-15(20)13(14(19)17-16(18)22)8-11-5-6-21-9-11/h2-9H,1H3,(H,17,19,22). The fourth-order valence-corrected chi connectivity index (χ4v) is 2.46. The van der Waals surface area contributed by atoms with E-state index in [4.69, 9.17) is 16.6 Å². The lowest BCUT2D eigenvalue weighted by Crippen LogP contribution is -2.54. The summed E-state index contributed by atoms with van der Waals surface area (Å²) in [6, 6.07) is 9.01. The zero-order valence-electron chi connectivity index (χ0n) is 11.7. The van der Waals surface area contributed by atoms with E-state index in [-0.39, 0.29) is 10.7 Å². The first-order valence-electron chi connectivity index (χ1n) is 6.56. The number of carbonyl (C=O) groups is 2. The number of benzene rings is 1. The largest absolute Gasteiger partial charge is 0.472 e. The van der Waals surface area contributed by atoms with Crippen molar-refractivity contribution in [1.82, 2.24) is 5.32 Å². The third-order valence-corrected chi connectivity index (χ3v) is 3.50. The van der Waals surface area contributed by atoms with E-state index < -0.39 is 11.8 Å². The van der Waals surface area contributed by atoms with Crippen LogP contribution in [-0.2, 0) is 9.59 Å². The van der Waals surface area contributed by atoms with Crippen molar-refractivity contribution in [1.29, 1.82) is 0 Å². The number of furan rings is 1. The zero-order chi connectivity index (χ0) is 15.7. The van der Waals surface area contributed by atoms with Gasteiger partial charge in [-0.3, -0.25) is 19.8 Å². The zero-order valence-corrected chi connectivity index (χ0v) is 12.5. The molecular weight excluding hydrogens is 300 g/mol. The highest BCUT2D eigenvalue weighted by molar-refractivity contribution is 7.80. The molecule has 0 saturated carbocycles. The third-order valence-electron chi connectivity index (χ3n) is 3.22. The highest BCUT2D eigenvalue weighted by Gasteiger charge is 2.34. The first-order valence-corrected chi connectivity index (χ1v) is 6.97. The topological polar surface area (TPSA) is 62.6 Å². The van der Waals surface area contributed by atoms with Crippen molar-refractivity contribution in [2.75, 3.05) is 4.90 Å². The van der Waals surface area contributed by atoms with Gasteiger partial charge in [0.15, 0.2) is 5.11 Å². The number of thiocarbonyl (C=S) groups is 1. The molecule has 5 nitrogen and oxygen atoms in total. The van der Waals surface area contributed by atoms with Crippen LogP contribution in [0, 0.1) is 6.92 Å². The van der Waals surface area contributed by atoms with Crippen LogP contribution in [0.2, 0.25) is 0 Å². The molecule has 110 valence electrons. The molecule has 0 atom stereocenters. The van der Waals surface area contributed by atoms with Crippen molar-refractivity contribution in [3.05, 3.63) is 59.6 Å². The van der Waals surface area contributed by atoms with Crippen LogP contribution >= 0.6 is 12.2 Å². The maximum Gasteiger partial charge on any atom is 0.270 e. The average molecular weight is 312 g/mol. The number of nitrogens with zero attached hydrogens (tertiary/aromatic N) is 1. The Morgan fingerprint density at radius 2 is 2.09 bits per heavy atom. The lowest BCUT2D eigenvalue weighted by atomic mass is 10.1. The van der Waals surface area contributed by atoms with Gasteiger partial charge in [0.25, 0.3) is 11.8 Å². The Balaban J connectivity index is 2.03. The maximum atomic E-state index is 12.7. The minimum Gasteiger partial charge on any atom is -0.472 e. The summed E-state index contributed by atoms with van der Waals surface area (Å²) in [5.74, 6) is -0.972. The van der Waals surface area contributed by atoms with Crippen LogP contribution in [0.3, 0.4) is 0 Å². The van der Waals surface area contributed by atoms with Crippen molar-refractivity contribution in [3.63, 3.8) is 0 Å². The number of rotatable bonds is 2. The Morgan fingerprint density at radius 3 is 2.77 bits per heavy atom. The first kappa shape index (κ1) is 14.2. The van der Waals surface area contributed by atoms with Crippen molar-refractivity contribution in [2.45, 2.75) is 6.92 Å². The van der Waals surface area contributed by atoms with Crippen molar-refractivity contribution < 1.29 is 14.0 Å². The van der Waals surface area contributed by atoms with Crippen LogP contribution in [0.15, 0.2) is 52.8 Å². The summed E-state index contributed by atoms with van der Waals surface area (Å²) >= 11 is 5.13. The molecule has 0 spiro atoms. The first-order chi connectivity index (χ1) is 10.6. The number of carbonyl (C=O) groups excluding carboxylic acids is 2. The summed E-state index contributed by atoms with van der Waals surface area (Å²) in [6.07, 6.45) is 4.41. The van der Waals surface area contributed by atoms with Crippen LogP contribution in [-0.4, -0.2) is 16.9 Å². The van der Waals surface area contributed by atoms with Gasteiger partial charge in [0, 0.05) is 5.56 Å². The summed E-state index contributed by atoms with van der Waals surface area (Å²) in [5.41, 5.74) is 2.26. The molecule has 1 aliphatic rings. The second-order valence-corrected chi connectivity index (χ2v) is 5.24. The summed E-state index contributed by atoms with van der Waals surface area (Å²) in [4.78, 5) is 26.0. The molecule has 1 saturated heterocycles. The molecule has 0 bridgehead atoms. The van der Waals surface area contributed by atoms with E-state index in [1.165, 1.54) is 23.5 Å². The van der Waals surface area contributed by atoms with E-state index in [0.717, 1.165) is 5.56 Å². The van der Waals surface area contributed by atoms with Crippen LogP contribution in [0.5, 0.6) is 0 Å². The van der Waals surface area contributed by atoms with E-state index >= 15 is 0 Å². The molecule has 2 amide bonds. The molecule has 0 radical (unpaired) electrons. The van der Waals surface area contributed by atoms with Crippen LogP contribution < -0.4 is 10.2 Å². The van der Waals surface area contributed by atoms with Gasteiger partial charge in [-0.2, -0.15) is 0 Å². The lowest BCUT2D eigenvalue weighted by Gasteiger charge is -2.29. The Hall–Kier alpha value is -2.73. The van der Waals surface area contributed by atoms with Crippen LogP contribution in [0.4, 0.5) is 5.69 Å². The fraction of sp³-hybridized carbons (Fsp3) is 0.0625. The van der Waals surface area contributed by atoms with E-state index in [1.807, 2.05) is 25.1 Å². The van der Waals surface area contributed by atoms with Crippen LogP contribution in [0.1, 0.15) is 11.1 Å². The molecule has 0 unspecified atom stereocenters. The van der Waals surface area contributed by atoms with Crippen LogP contribution in [0.25, 0.3) is 6.08 Å². The molecule has 1 N–H and O–H groups in total. The molecule has 1 fully saturated rings. The van der Waals surface area contributed by atoms with Gasteiger partial charge in [-0.05, 0) is 49.0 Å². The quantitative estimate of drug-likeness (QED) is 0.525. The molecule has 22 heavy (non-hydrogen) atoms. The van der Waals surface area contributed by atoms with Crippen molar-refractivity contribution in [3.8, 4) is 0 Å². The lowest BCUT2D eigenvalue weighted by molar-refractivity contribution is -0.122. The molecule has 2 aromatic rings. The summed E-state index contributed by atoms with van der Waals surface area (Å²) in [6.45, 7) is 1.92. The highest BCUT2D eigenvalue weighted by Crippen LogP contribution is 2.22. The predicted molar refractivity (Wildman–Crippen MR) is 86.1 cm³/mol. The van der Waals surface area contributed by atoms with Crippen molar-refractivity contribution >= 4 is 40.9 Å². The molecule has 1 aromatic heterocycles. The third kappa shape index (κ3) is 2.56. The SMILES string of the molecule is Cc1cccc(N2C(=O)C(=Cc3ccoc3)C(=O)NC2=S)c1. The Kier molecular flexibility index (Phi) is 3.60. The predicted octanol–water partition coefficient (Wildman–Crippen LogP) is 2.42. The normalized spacial score (nSPS) is 17.0. The monoisotopic (exact) mass is 312 g/mol. The summed E-state index contributed by atoms with van der Waals surface area (Å²) in [7, 11) is 0. The number of hydrogen-bond acceptors (Lipinski definition) is 4. The minimum atomic E-state index is -0.514. The molecule has 3 rings (SSSR count). The van der Waals surface area contributed by atoms with E-state index in [2.05, 4.69) is 5.32 Å². The summed E-state index contributed by atoms with van der Waals surface area (Å²) in [5, 5.41) is 2.61. The minimum absolute atomic E-state index is 0.0107. The van der Waals surface area contributed by atoms with E-state index in [1.54, 1.807) is 12.1 Å². The maximum absolute atomic E-state index is 12.7. The number of hydrogen-bond donors (Lipinski definition) is 1. The number of amides is 2. The van der Waals surface area contributed by atoms with Gasteiger partial charge in [0.2, 0.25) is 0 Å². The van der Waals surface area contributed by atoms with Gasteiger partial charge in [0.05, 0.1) is 18.2 Å². The molecule has 0 aliphatic carbocycles.